The summed E-state index contributed by atoms with van der Waals surface area (Å²) in [5, 5.41) is 0. The Labute approximate surface area is 145 Å². The third-order valence-electron chi connectivity index (χ3n) is 4.44. The monoisotopic (exact) mass is 326 g/mol. The number of hydrogen-bond donors (Lipinski definition) is 0. The lowest BCUT2D eigenvalue weighted by Gasteiger charge is -2.06. The van der Waals surface area contributed by atoms with E-state index in [1.54, 1.807) is 0 Å². The molecule has 0 fully saturated rings. The number of esters is 1. The molecule has 0 saturated heterocycles. The first-order valence-corrected chi connectivity index (χ1v) is 10.3. The van der Waals surface area contributed by atoms with Gasteiger partial charge in [-0.3, -0.25) is 4.79 Å². The van der Waals surface area contributed by atoms with Gasteiger partial charge in [0.15, 0.2) is 0 Å². The molecule has 0 atom stereocenters. The van der Waals surface area contributed by atoms with Gasteiger partial charge in [-0.1, -0.05) is 97.8 Å². The summed E-state index contributed by atoms with van der Waals surface area (Å²) in [5.74, 6) is 0.605. The summed E-state index contributed by atoms with van der Waals surface area (Å²) < 4.78 is 5.22. The fraction of sp³-hybridized carbons (Fsp3) is 0.952. The van der Waals surface area contributed by atoms with Crippen molar-refractivity contribution in [2.45, 2.75) is 117 Å². The van der Waals surface area contributed by atoms with Gasteiger partial charge in [-0.05, 0) is 18.8 Å². The molecule has 0 aliphatic heterocycles. The highest BCUT2D eigenvalue weighted by atomic mass is 16.5. The number of carbonyl (C=O) groups is 1. The molecule has 0 amide bonds. The van der Waals surface area contributed by atoms with Gasteiger partial charge in [-0.15, -0.1) is 0 Å². The summed E-state index contributed by atoms with van der Waals surface area (Å²) in [6.07, 6.45) is 19.0. The van der Waals surface area contributed by atoms with Crippen LogP contribution in [0.5, 0.6) is 0 Å². The molecule has 23 heavy (non-hydrogen) atoms. The van der Waals surface area contributed by atoms with E-state index in [0.29, 0.717) is 18.9 Å². The minimum Gasteiger partial charge on any atom is -0.466 e. The minimum atomic E-state index is -0.00581. The first-order valence-electron chi connectivity index (χ1n) is 10.3. The number of unbranched alkanes of at least 4 members (excludes halogenated alkanes) is 12. The van der Waals surface area contributed by atoms with Crippen molar-refractivity contribution in [3.63, 3.8) is 0 Å². The number of rotatable bonds is 17. The molecule has 0 saturated carbocycles. The molecule has 0 spiro atoms. The van der Waals surface area contributed by atoms with Crippen molar-refractivity contribution < 1.29 is 9.53 Å². The summed E-state index contributed by atoms with van der Waals surface area (Å²) in [6, 6.07) is 0. The van der Waals surface area contributed by atoms with Crippen molar-refractivity contribution >= 4 is 5.97 Å². The van der Waals surface area contributed by atoms with Gasteiger partial charge in [0.05, 0.1) is 6.61 Å². The van der Waals surface area contributed by atoms with E-state index in [-0.39, 0.29) is 5.97 Å². The highest BCUT2D eigenvalue weighted by Crippen LogP contribution is 2.13. The molecular formula is C21H42O2. The van der Waals surface area contributed by atoms with Crippen LogP contribution < -0.4 is 0 Å². The van der Waals surface area contributed by atoms with Crippen LogP contribution in [-0.2, 0) is 9.53 Å². The third-order valence-corrected chi connectivity index (χ3v) is 4.44. The molecular weight excluding hydrogens is 284 g/mol. The highest BCUT2D eigenvalue weighted by molar-refractivity contribution is 5.69. The largest absolute Gasteiger partial charge is 0.466 e. The van der Waals surface area contributed by atoms with Crippen molar-refractivity contribution in [3.8, 4) is 0 Å². The standard InChI is InChI=1S/C21H42O2/c1-4-5-6-7-8-9-10-11-12-13-14-15-16-17-21(22)23-19-18-20(2)3/h20H,4-19H2,1-3H3. The summed E-state index contributed by atoms with van der Waals surface area (Å²) in [5.41, 5.74) is 0. The fourth-order valence-electron chi connectivity index (χ4n) is 2.77. The predicted octanol–water partition coefficient (Wildman–Crippen LogP) is 7.06. The fourth-order valence-corrected chi connectivity index (χ4v) is 2.77. The molecule has 0 heterocycles. The average Bonchev–Trinajstić information content (AvgIpc) is 2.51. The van der Waals surface area contributed by atoms with Crippen molar-refractivity contribution in [2.75, 3.05) is 6.61 Å². The Morgan fingerprint density at radius 1 is 0.739 bits per heavy atom. The molecule has 2 heteroatoms. The Hall–Kier alpha value is -0.530. The van der Waals surface area contributed by atoms with Crippen LogP contribution in [-0.4, -0.2) is 12.6 Å². The first-order chi connectivity index (χ1) is 11.2. The summed E-state index contributed by atoms with van der Waals surface area (Å²) in [7, 11) is 0. The second-order valence-corrected chi connectivity index (χ2v) is 7.40. The van der Waals surface area contributed by atoms with Gasteiger partial charge in [0.1, 0.15) is 0 Å². The number of hydrogen-bond acceptors (Lipinski definition) is 2. The zero-order valence-electron chi connectivity index (χ0n) is 16.2. The van der Waals surface area contributed by atoms with Crippen molar-refractivity contribution in [1.82, 2.24) is 0 Å². The molecule has 138 valence electrons. The van der Waals surface area contributed by atoms with Gasteiger partial charge < -0.3 is 4.74 Å². The Morgan fingerprint density at radius 2 is 1.17 bits per heavy atom. The maximum atomic E-state index is 11.5. The van der Waals surface area contributed by atoms with Gasteiger partial charge in [0.2, 0.25) is 0 Å². The van der Waals surface area contributed by atoms with Crippen LogP contribution >= 0.6 is 0 Å². The molecule has 0 aliphatic rings. The molecule has 0 unspecified atom stereocenters. The van der Waals surface area contributed by atoms with Crippen LogP contribution in [0.4, 0.5) is 0 Å². The molecule has 2 nitrogen and oxygen atoms in total. The molecule has 0 aromatic carbocycles. The SMILES string of the molecule is CCCCCCCCCCCCCCCC(=O)OCCC(C)C. The Morgan fingerprint density at radius 3 is 1.61 bits per heavy atom. The van der Waals surface area contributed by atoms with Gasteiger partial charge in [0.25, 0.3) is 0 Å². The number of carbonyl (C=O) groups excluding carboxylic acids is 1. The van der Waals surface area contributed by atoms with Crippen LogP contribution in [0.1, 0.15) is 117 Å². The molecule has 0 rings (SSSR count). The van der Waals surface area contributed by atoms with Gasteiger partial charge in [-0.2, -0.15) is 0 Å². The van der Waals surface area contributed by atoms with E-state index >= 15 is 0 Å². The van der Waals surface area contributed by atoms with Crippen LogP contribution in [0.25, 0.3) is 0 Å². The van der Waals surface area contributed by atoms with E-state index in [9.17, 15) is 4.79 Å². The Bertz CT molecular complexity index is 248. The average molecular weight is 327 g/mol. The van der Waals surface area contributed by atoms with Crippen LogP contribution in [0.2, 0.25) is 0 Å². The lowest BCUT2D eigenvalue weighted by molar-refractivity contribution is -0.144. The highest BCUT2D eigenvalue weighted by Gasteiger charge is 2.03. The first kappa shape index (κ1) is 22.5. The minimum absolute atomic E-state index is 0.00581. The summed E-state index contributed by atoms with van der Waals surface area (Å²) >= 11 is 0. The molecule has 0 aromatic heterocycles. The zero-order chi connectivity index (χ0) is 17.2. The Kier molecular flexibility index (Phi) is 17.4. The lowest BCUT2D eigenvalue weighted by atomic mass is 10.0. The molecule has 0 aromatic rings. The van der Waals surface area contributed by atoms with E-state index in [2.05, 4.69) is 20.8 Å². The van der Waals surface area contributed by atoms with E-state index in [0.717, 1.165) is 12.8 Å². The van der Waals surface area contributed by atoms with Crippen LogP contribution in [0.15, 0.2) is 0 Å². The van der Waals surface area contributed by atoms with Crippen LogP contribution in [0, 0.1) is 5.92 Å². The topological polar surface area (TPSA) is 26.3 Å². The summed E-state index contributed by atoms with van der Waals surface area (Å²) in [4.78, 5) is 11.5. The van der Waals surface area contributed by atoms with Gasteiger partial charge >= 0.3 is 5.97 Å². The lowest BCUT2D eigenvalue weighted by Crippen LogP contribution is -2.07. The predicted molar refractivity (Wildman–Crippen MR) is 101 cm³/mol. The number of ether oxygens (including phenoxy) is 1. The molecule has 0 N–H and O–H groups in total. The Balaban J connectivity index is 3.11. The third kappa shape index (κ3) is 19.4. The second-order valence-electron chi connectivity index (χ2n) is 7.40. The van der Waals surface area contributed by atoms with Crippen molar-refractivity contribution in [2.24, 2.45) is 5.92 Å². The van der Waals surface area contributed by atoms with Crippen molar-refractivity contribution in [3.05, 3.63) is 0 Å². The smallest absolute Gasteiger partial charge is 0.305 e. The van der Waals surface area contributed by atoms with E-state index in [1.807, 2.05) is 0 Å². The normalized spacial score (nSPS) is 11.1. The summed E-state index contributed by atoms with van der Waals surface area (Å²) in [6.45, 7) is 7.17. The quantitative estimate of drug-likeness (QED) is 0.211. The van der Waals surface area contributed by atoms with Crippen LogP contribution in [0.3, 0.4) is 0 Å². The van der Waals surface area contributed by atoms with E-state index in [1.165, 1.54) is 77.0 Å². The zero-order valence-corrected chi connectivity index (χ0v) is 16.2. The maximum absolute atomic E-state index is 11.5. The van der Waals surface area contributed by atoms with Gasteiger partial charge in [-0.25, -0.2) is 0 Å². The molecule has 0 bridgehead atoms. The maximum Gasteiger partial charge on any atom is 0.305 e. The molecule has 0 aliphatic carbocycles. The molecule has 0 radical (unpaired) electrons. The van der Waals surface area contributed by atoms with Gasteiger partial charge in [0, 0.05) is 6.42 Å². The van der Waals surface area contributed by atoms with Crippen molar-refractivity contribution in [1.29, 1.82) is 0 Å². The van der Waals surface area contributed by atoms with E-state index < -0.39 is 0 Å². The van der Waals surface area contributed by atoms with E-state index in [4.69, 9.17) is 4.74 Å². The second kappa shape index (κ2) is 17.8.